The molecule has 172 valence electrons. The van der Waals surface area contributed by atoms with Crippen molar-refractivity contribution in [3.63, 3.8) is 0 Å². The lowest BCUT2D eigenvalue weighted by molar-refractivity contribution is 0.0869. The van der Waals surface area contributed by atoms with Crippen LogP contribution in [0.4, 0.5) is 5.82 Å². The number of nitrogens with one attached hydrogen (secondary N) is 2. The molecule has 0 spiro atoms. The van der Waals surface area contributed by atoms with Crippen LogP contribution >= 0.6 is 11.6 Å². The molecule has 8 heteroatoms. The van der Waals surface area contributed by atoms with E-state index in [-0.39, 0.29) is 12.5 Å². The molecule has 2 aromatic carbocycles. The molecule has 2 aromatic heterocycles. The number of carbonyl (C=O) groups excluding carboxylic acids is 1. The standard InChI is InChI=1S/C25H28ClN5O2/c1-3-31(4-2)14-19(32)13-29-25(33)16-6-5-15-9-22(30-21(15)10-16)23-20-11-18(26)8-7-17(20)12-28-24(23)27/h5-12,19,30,32H,3-4,13-14H2,1-2H3,(H2,27,28)(H,29,33). The highest BCUT2D eigenvalue weighted by Gasteiger charge is 2.15. The number of nitrogen functional groups attached to an aromatic ring is 1. The van der Waals surface area contributed by atoms with Crippen molar-refractivity contribution >= 4 is 45.0 Å². The quantitative estimate of drug-likeness (QED) is 0.314. The molecule has 4 rings (SSSR count). The Morgan fingerprint density at radius 2 is 1.94 bits per heavy atom. The molecule has 7 nitrogen and oxygen atoms in total. The van der Waals surface area contributed by atoms with Crippen LogP contribution in [0.2, 0.25) is 5.02 Å². The molecule has 0 saturated carbocycles. The van der Waals surface area contributed by atoms with Crippen LogP contribution in [0, 0.1) is 0 Å². The van der Waals surface area contributed by atoms with Crippen molar-refractivity contribution in [1.82, 2.24) is 20.2 Å². The number of halogens is 1. The average Bonchev–Trinajstić information content (AvgIpc) is 3.23. The highest BCUT2D eigenvalue weighted by molar-refractivity contribution is 6.31. The van der Waals surface area contributed by atoms with Crippen LogP contribution in [0.15, 0.2) is 48.7 Å². The summed E-state index contributed by atoms with van der Waals surface area (Å²) in [6.07, 6.45) is 1.10. The number of aliphatic hydroxyl groups excluding tert-OH is 1. The average molecular weight is 466 g/mol. The van der Waals surface area contributed by atoms with Crippen molar-refractivity contribution < 1.29 is 9.90 Å². The Morgan fingerprint density at radius 1 is 1.18 bits per heavy atom. The van der Waals surface area contributed by atoms with E-state index in [2.05, 4.69) is 20.2 Å². The summed E-state index contributed by atoms with van der Waals surface area (Å²) in [5.41, 5.74) is 9.12. The van der Waals surface area contributed by atoms with Crippen molar-refractivity contribution in [2.45, 2.75) is 20.0 Å². The third-order valence-corrected chi connectivity index (χ3v) is 6.13. The van der Waals surface area contributed by atoms with E-state index < -0.39 is 6.10 Å². The van der Waals surface area contributed by atoms with Gasteiger partial charge in [0, 0.05) is 51.7 Å². The molecular weight excluding hydrogens is 438 g/mol. The van der Waals surface area contributed by atoms with Crippen LogP contribution in [0.5, 0.6) is 0 Å². The number of fused-ring (bicyclic) bond motifs is 2. The SMILES string of the molecule is CCN(CC)CC(O)CNC(=O)c1ccc2cc(-c3c(N)ncc4ccc(Cl)cc34)[nH]c2c1. The smallest absolute Gasteiger partial charge is 0.251 e. The fourth-order valence-corrected chi connectivity index (χ4v) is 4.21. The largest absolute Gasteiger partial charge is 0.390 e. The zero-order valence-corrected chi connectivity index (χ0v) is 19.5. The van der Waals surface area contributed by atoms with Gasteiger partial charge in [0.15, 0.2) is 0 Å². The first-order chi connectivity index (χ1) is 15.9. The molecule has 0 saturated heterocycles. The van der Waals surface area contributed by atoms with Gasteiger partial charge in [0.2, 0.25) is 0 Å². The number of aromatic nitrogens is 2. The molecule has 1 unspecified atom stereocenters. The maximum absolute atomic E-state index is 12.7. The molecule has 1 amide bonds. The molecule has 0 aliphatic rings. The fourth-order valence-electron chi connectivity index (χ4n) is 4.04. The zero-order chi connectivity index (χ0) is 23.5. The van der Waals surface area contributed by atoms with Crippen LogP contribution in [-0.2, 0) is 0 Å². The zero-order valence-electron chi connectivity index (χ0n) is 18.7. The molecule has 0 aliphatic heterocycles. The van der Waals surface area contributed by atoms with Crippen molar-refractivity contribution in [2.75, 3.05) is 31.9 Å². The third-order valence-electron chi connectivity index (χ3n) is 5.90. The number of aliphatic hydroxyl groups is 1. The summed E-state index contributed by atoms with van der Waals surface area (Å²) < 4.78 is 0. The first kappa shape index (κ1) is 23.0. The normalized spacial score (nSPS) is 12.5. The predicted molar refractivity (Wildman–Crippen MR) is 135 cm³/mol. The second-order valence-corrected chi connectivity index (χ2v) is 8.52. The predicted octanol–water partition coefficient (Wildman–Crippen LogP) is 4.05. The number of H-pyrrole nitrogens is 1. The van der Waals surface area contributed by atoms with Gasteiger partial charge in [-0.3, -0.25) is 4.79 Å². The van der Waals surface area contributed by atoms with Gasteiger partial charge in [-0.25, -0.2) is 4.98 Å². The lowest BCUT2D eigenvalue weighted by atomic mass is 10.0. The van der Waals surface area contributed by atoms with Gasteiger partial charge in [0.05, 0.1) is 11.8 Å². The minimum Gasteiger partial charge on any atom is -0.390 e. The Labute approximate surface area is 197 Å². The molecular formula is C25H28ClN5O2. The van der Waals surface area contributed by atoms with E-state index in [1.165, 1.54) is 0 Å². The van der Waals surface area contributed by atoms with Gasteiger partial charge in [-0.15, -0.1) is 0 Å². The second-order valence-electron chi connectivity index (χ2n) is 8.08. The number of likely N-dealkylation sites (N-methyl/N-ethyl adjacent to an activating group) is 1. The number of nitrogens with zero attached hydrogens (tertiary/aromatic N) is 2. The lowest BCUT2D eigenvalue weighted by Gasteiger charge is -2.22. The molecule has 0 bridgehead atoms. The molecule has 0 aliphatic carbocycles. The maximum atomic E-state index is 12.7. The van der Waals surface area contributed by atoms with Crippen molar-refractivity contribution in [2.24, 2.45) is 0 Å². The molecule has 33 heavy (non-hydrogen) atoms. The highest BCUT2D eigenvalue weighted by atomic mass is 35.5. The van der Waals surface area contributed by atoms with Gasteiger partial charge >= 0.3 is 0 Å². The number of hydrogen-bond donors (Lipinski definition) is 4. The molecule has 0 fully saturated rings. The molecule has 0 radical (unpaired) electrons. The summed E-state index contributed by atoms with van der Waals surface area (Å²) in [5.74, 6) is 0.168. The molecule has 5 N–H and O–H groups in total. The topological polar surface area (TPSA) is 107 Å². The summed E-state index contributed by atoms with van der Waals surface area (Å²) in [6.45, 7) is 6.53. The van der Waals surface area contributed by atoms with Crippen LogP contribution in [0.3, 0.4) is 0 Å². The van der Waals surface area contributed by atoms with Gasteiger partial charge < -0.3 is 26.0 Å². The van der Waals surface area contributed by atoms with E-state index >= 15 is 0 Å². The van der Waals surface area contributed by atoms with Crippen LogP contribution < -0.4 is 11.1 Å². The van der Waals surface area contributed by atoms with E-state index in [0.29, 0.717) is 22.9 Å². The number of aromatic amines is 1. The number of benzene rings is 2. The minimum atomic E-state index is -0.622. The third kappa shape index (κ3) is 4.95. The Balaban J connectivity index is 1.58. The molecule has 2 heterocycles. The summed E-state index contributed by atoms with van der Waals surface area (Å²) in [5, 5.41) is 16.4. The number of hydrogen-bond acceptors (Lipinski definition) is 5. The highest BCUT2D eigenvalue weighted by Crippen LogP contribution is 2.35. The van der Waals surface area contributed by atoms with Crippen LogP contribution in [-0.4, -0.2) is 58.2 Å². The number of pyridine rings is 1. The summed E-state index contributed by atoms with van der Waals surface area (Å²) >= 11 is 6.22. The Morgan fingerprint density at radius 3 is 2.70 bits per heavy atom. The van der Waals surface area contributed by atoms with E-state index in [9.17, 15) is 9.90 Å². The fraction of sp³-hybridized carbons (Fsp3) is 0.280. The van der Waals surface area contributed by atoms with Gasteiger partial charge in [-0.2, -0.15) is 0 Å². The van der Waals surface area contributed by atoms with Crippen molar-refractivity contribution in [1.29, 1.82) is 0 Å². The number of amides is 1. The number of carbonyl (C=O) groups is 1. The van der Waals surface area contributed by atoms with Gasteiger partial charge in [0.25, 0.3) is 5.91 Å². The monoisotopic (exact) mass is 465 g/mol. The maximum Gasteiger partial charge on any atom is 0.251 e. The van der Waals surface area contributed by atoms with Gasteiger partial charge in [0.1, 0.15) is 5.82 Å². The number of rotatable bonds is 8. The first-order valence-corrected chi connectivity index (χ1v) is 11.4. The van der Waals surface area contributed by atoms with E-state index in [0.717, 1.165) is 46.0 Å². The van der Waals surface area contributed by atoms with Crippen LogP contribution in [0.1, 0.15) is 24.2 Å². The van der Waals surface area contributed by atoms with Crippen LogP contribution in [0.25, 0.3) is 32.9 Å². The molecule has 4 aromatic rings. The second kappa shape index (κ2) is 9.79. The Bertz CT molecular complexity index is 1290. The summed E-state index contributed by atoms with van der Waals surface area (Å²) in [7, 11) is 0. The van der Waals surface area contributed by atoms with E-state index in [4.69, 9.17) is 17.3 Å². The number of nitrogens with two attached hydrogens (primary N) is 1. The summed E-state index contributed by atoms with van der Waals surface area (Å²) in [6, 6.07) is 13.0. The van der Waals surface area contributed by atoms with E-state index in [1.807, 2.05) is 44.2 Å². The Hall–Kier alpha value is -3.13. The Kier molecular flexibility index (Phi) is 6.83. The summed E-state index contributed by atoms with van der Waals surface area (Å²) in [4.78, 5) is 22.5. The van der Waals surface area contributed by atoms with Crippen molar-refractivity contribution in [3.05, 3.63) is 59.2 Å². The minimum absolute atomic E-state index is 0.197. The molecule has 1 atom stereocenters. The van der Waals surface area contributed by atoms with Crippen molar-refractivity contribution in [3.8, 4) is 11.3 Å². The lowest BCUT2D eigenvalue weighted by Crippen LogP contribution is -2.40. The van der Waals surface area contributed by atoms with Gasteiger partial charge in [-0.1, -0.05) is 37.6 Å². The first-order valence-electron chi connectivity index (χ1n) is 11.0. The van der Waals surface area contributed by atoms with Gasteiger partial charge in [-0.05, 0) is 48.8 Å². The number of anilines is 1. The van der Waals surface area contributed by atoms with E-state index in [1.54, 1.807) is 18.3 Å².